The van der Waals surface area contributed by atoms with Gasteiger partial charge in [0.15, 0.2) is 10.5 Å². The summed E-state index contributed by atoms with van der Waals surface area (Å²) in [6, 6.07) is 7.92. The maximum absolute atomic E-state index is 14.3. The van der Waals surface area contributed by atoms with Gasteiger partial charge in [0.1, 0.15) is 5.75 Å². The van der Waals surface area contributed by atoms with Gasteiger partial charge >= 0.3 is 12.1 Å². The highest BCUT2D eigenvalue weighted by Gasteiger charge is 2.45. The normalized spacial score (nSPS) is 15.8. The number of fused-ring (bicyclic) bond motifs is 1. The molecule has 0 N–H and O–H groups in total. The molecule has 206 valence electrons. The van der Waals surface area contributed by atoms with Gasteiger partial charge in [-0.25, -0.2) is 9.79 Å². The largest absolute Gasteiger partial charge is 0.489 e. The highest BCUT2D eigenvalue weighted by atomic mass is 79.9. The predicted molar refractivity (Wildman–Crippen MR) is 150 cm³/mol. The lowest BCUT2D eigenvalue weighted by Gasteiger charge is -2.26. The van der Waals surface area contributed by atoms with Crippen molar-refractivity contribution in [1.29, 1.82) is 0 Å². The first-order chi connectivity index (χ1) is 18.3. The summed E-state index contributed by atoms with van der Waals surface area (Å²) in [6.45, 7) is 4.99. The van der Waals surface area contributed by atoms with E-state index in [1.807, 2.05) is 13.8 Å². The van der Waals surface area contributed by atoms with Crippen LogP contribution >= 0.6 is 54.8 Å². The number of allylic oxidation sites excluding steroid dienone is 1. The van der Waals surface area contributed by atoms with E-state index in [9.17, 15) is 22.8 Å². The summed E-state index contributed by atoms with van der Waals surface area (Å²) >= 11 is 13.7. The van der Waals surface area contributed by atoms with Crippen LogP contribution in [0.15, 0.2) is 66.4 Å². The second-order valence-electron chi connectivity index (χ2n) is 8.59. The molecule has 0 radical (unpaired) electrons. The lowest BCUT2D eigenvalue weighted by Crippen LogP contribution is -2.41. The number of rotatable bonds is 6. The van der Waals surface area contributed by atoms with Crippen LogP contribution in [0.3, 0.4) is 0 Å². The molecule has 1 aromatic heterocycles. The molecule has 39 heavy (non-hydrogen) atoms. The number of aromatic nitrogens is 1. The van der Waals surface area contributed by atoms with E-state index in [1.54, 1.807) is 12.1 Å². The van der Waals surface area contributed by atoms with Crippen molar-refractivity contribution in [2.24, 2.45) is 4.99 Å². The molecule has 13 heteroatoms. The highest BCUT2D eigenvalue weighted by Crippen LogP contribution is 2.39. The molecule has 0 fully saturated rings. The van der Waals surface area contributed by atoms with Crippen LogP contribution in [0, 0.1) is 0 Å². The zero-order chi connectivity index (χ0) is 28.6. The summed E-state index contributed by atoms with van der Waals surface area (Å²) in [5.74, 6) is -0.761. The number of ether oxygens (including phenoxy) is 2. The average molecular weight is 709 g/mol. The standard InChI is InChI=1S/C26H20Br2ClF3N2O4S/c1-4-37-24(36)19-20(13-5-7-16(29)8-6-13)34-23(35)18(39-25(34)33-22(19)26(30,31)32)10-14-9-15(27)11-17(28)21(14)38-12(2)3/h5-12,20H,4H2,1-3H3/b18-10-/t20-/m0/s1. The van der Waals surface area contributed by atoms with Crippen LogP contribution in [-0.2, 0) is 9.53 Å². The molecule has 0 saturated carbocycles. The Morgan fingerprint density at radius 2 is 1.90 bits per heavy atom. The molecule has 6 nitrogen and oxygen atoms in total. The molecule has 1 aliphatic rings. The molecular weight excluding hydrogens is 689 g/mol. The Bertz CT molecular complexity index is 1650. The summed E-state index contributed by atoms with van der Waals surface area (Å²) in [4.78, 5) is 30.3. The Kier molecular flexibility index (Phi) is 8.79. The average Bonchev–Trinajstić information content (AvgIpc) is 3.15. The summed E-state index contributed by atoms with van der Waals surface area (Å²) in [6.07, 6.45) is -3.66. The number of carbonyl (C=O) groups excluding carboxylic acids is 1. The number of esters is 1. The van der Waals surface area contributed by atoms with Crippen molar-refractivity contribution in [3.63, 3.8) is 0 Å². The number of alkyl halides is 3. The molecule has 4 rings (SSSR count). The molecule has 0 bridgehead atoms. The van der Waals surface area contributed by atoms with Gasteiger partial charge < -0.3 is 9.47 Å². The van der Waals surface area contributed by atoms with E-state index in [1.165, 1.54) is 37.3 Å². The van der Waals surface area contributed by atoms with Crippen LogP contribution in [0.25, 0.3) is 6.08 Å². The SMILES string of the molecule is CCOC(=O)C1=C(C(F)(F)F)N=c2s/c(=C\c3cc(Br)cc(Br)c3OC(C)C)c(=O)n2[C@H]1c1ccc(Cl)cc1. The van der Waals surface area contributed by atoms with Crippen molar-refractivity contribution >= 4 is 66.8 Å². The van der Waals surface area contributed by atoms with Gasteiger partial charge in [-0.15, -0.1) is 0 Å². The van der Waals surface area contributed by atoms with E-state index in [0.29, 0.717) is 25.3 Å². The Balaban J connectivity index is 2.06. The number of nitrogens with zero attached hydrogens (tertiary/aromatic N) is 2. The van der Waals surface area contributed by atoms with Crippen LogP contribution in [0.2, 0.25) is 5.02 Å². The molecule has 2 aromatic carbocycles. The highest BCUT2D eigenvalue weighted by molar-refractivity contribution is 9.11. The Morgan fingerprint density at radius 1 is 1.23 bits per heavy atom. The van der Waals surface area contributed by atoms with Gasteiger partial charge in [0, 0.05) is 15.1 Å². The van der Waals surface area contributed by atoms with Crippen LogP contribution < -0.4 is 19.6 Å². The number of hydrogen-bond donors (Lipinski definition) is 0. The van der Waals surface area contributed by atoms with Gasteiger partial charge in [-0.05, 0) is 72.6 Å². The zero-order valence-electron chi connectivity index (χ0n) is 20.6. The molecule has 1 aliphatic heterocycles. The maximum atomic E-state index is 14.3. The monoisotopic (exact) mass is 706 g/mol. The lowest BCUT2D eigenvalue weighted by molar-refractivity contribution is -0.140. The quantitative estimate of drug-likeness (QED) is 0.282. The molecule has 1 atom stereocenters. The molecule has 0 spiro atoms. The minimum Gasteiger partial charge on any atom is -0.489 e. The summed E-state index contributed by atoms with van der Waals surface area (Å²) in [7, 11) is 0. The van der Waals surface area contributed by atoms with E-state index in [-0.39, 0.29) is 27.6 Å². The Labute approximate surface area is 246 Å². The molecule has 0 aliphatic carbocycles. The molecule has 0 amide bonds. The topological polar surface area (TPSA) is 69.9 Å². The Hall–Kier alpha value is -2.41. The van der Waals surface area contributed by atoms with Crippen molar-refractivity contribution in [2.45, 2.75) is 39.1 Å². The van der Waals surface area contributed by atoms with E-state index < -0.39 is 35.0 Å². The molecule has 2 heterocycles. The van der Waals surface area contributed by atoms with Crippen molar-refractivity contribution in [3.05, 3.63) is 92.5 Å². The first-order valence-electron chi connectivity index (χ1n) is 11.5. The first kappa shape index (κ1) is 29.6. The van der Waals surface area contributed by atoms with E-state index in [2.05, 4.69) is 36.9 Å². The zero-order valence-corrected chi connectivity index (χ0v) is 25.4. The van der Waals surface area contributed by atoms with Crippen LogP contribution in [0.5, 0.6) is 5.75 Å². The fourth-order valence-electron chi connectivity index (χ4n) is 3.99. The second-order valence-corrected chi connectivity index (χ2v) is 11.8. The van der Waals surface area contributed by atoms with Crippen molar-refractivity contribution in [3.8, 4) is 5.75 Å². The van der Waals surface area contributed by atoms with Gasteiger partial charge in [-0.2, -0.15) is 13.2 Å². The van der Waals surface area contributed by atoms with Crippen molar-refractivity contribution in [2.75, 3.05) is 6.61 Å². The fourth-order valence-corrected chi connectivity index (χ4v) is 6.46. The number of carbonyl (C=O) groups is 1. The molecule has 0 unspecified atom stereocenters. The maximum Gasteiger partial charge on any atom is 0.434 e. The summed E-state index contributed by atoms with van der Waals surface area (Å²) in [5.41, 5.74) is -2.07. The van der Waals surface area contributed by atoms with E-state index in [4.69, 9.17) is 21.1 Å². The fraction of sp³-hybridized carbons (Fsp3) is 0.269. The third-order valence-electron chi connectivity index (χ3n) is 5.46. The molecule has 0 saturated heterocycles. The Morgan fingerprint density at radius 3 is 2.49 bits per heavy atom. The minimum absolute atomic E-state index is 0.0953. The van der Waals surface area contributed by atoms with E-state index >= 15 is 0 Å². The van der Waals surface area contributed by atoms with Crippen LogP contribution in [0.4, 0.5) is 13.2 Å². The minimum atomic E-state index is -4.99. The molecular formula is C26H20Br2ClF3N2O4S. The van der Waals surface area contributed by atoms with Gasteiger partial charge in [-0.3, -0.25) is 9.36 Å². The van der Waals surface area contributed by atoms with E-state index in [0.717, 1.165) is 15.9 Å². The van der Waals surface area contributed by atoms with Crippen LogP contribution in [-0.4, -0.2) is 29.4 Å². The number of thiazole rings is 1. The smallest absolute Gasteiger partial charge is 0.434 e. The molecule has 3 aromatic rings. The van der Waals surface area contributed by atoms with Gasteiger partial charge in [0.05, 0.1) is 33.3 Å². The summed E-state index contributed by atoms with van der Waals surface area (Å²) < 4.78 is 56.2. The summed E-state index contributed by atoms with van der Waals surface area (Å²) in [5, 5.41) is 0.335. The lowest BCUT2D eigenvalue weighted by atomic mass is 9.95. The number of benzene rings is 2. The van der Waals surface area contributed by atoms with Gasteiger partial charge in [0.25, 0.3) is 5.56 Å². The second kappa shape index (κ2) is 11.6. The van der Waals surface area contributed by atoms with Gasteiger partial charge in [0.2, 0.25) is 0 Å². The first-order valence-corrected chi connectivity index (χ1v) is 14.3. The number of hydrogen-bond acceptors (Lipinski definition) is 6. The predicted octanol–water partition coefficient (Wildman–Crippen LogP) is 6.31. The van der Waals surface area contributed by atoms with Crippen LogP contribution in [0.1, 0.15) is 37.9 Å². The third kappa shape index (κ3) is 6.18. The van der Waals surface area contributed by atoms with Crippen molar-refractivity contribution < 1.29 is 27.4 Å². The van der Waals surface area contributed by atoms with Gasteiger partial charge in [-0.1, -0.05) is 51.0 Å². The third-order valence-corrected chi connectivity index (χ3v) is 7.74. The number of halogens is 6. The van der Waals surface area contributed by atoms with Crippen molar-refractivity contribution in [1.82, 2.24) is 4.57 Å².